The molecule has 0 bridgehead atoms. The number of anilines is 2. The van der Waals surface area contributed by atoms with Crippen molar-refractivity contribution in [3.8, 4) is 11.3 Å². The summed E-state index contributed by atoms with van der Waals surface area (Å²) in [6.07, 6.45) is 0. The molecule has 2 aromatic heterocycles. The van der Waals surface area contributed by atoms with E-state index in [1.807, 2.05) is 30.3 Å². The number of nitrogens with zero attached hydrogens (tertiary/aromatic N) is 2. The van der Waals surface area contributed by atoms with E-state index in [2.05, 4.69) is 9.97 Å². The van der Waals surface area contributed by atoms with Crippen LogP contribution in [0.15, 0.2) is 30.3 Å². The molecule has 7 heteroatoms. The van der Waals surface area contributed by atoms with Crippen molar-refractivity contribution in [2.45, 2.75) is 6.92 Å². The van der Waals surface area contributed by atoms with Gasteiger partial charge in [0.05, 0.1) is 23.4 Å². The van der Waals surface area contributed by atoms with E-state index >= 15 is 0 Å². The first kappa shape index (κ1) is 14.3. The van der Waals surface area contributed by atoms with Crippen LogP contribution < -0.4 is 11.5 Å². The molecule has 0 unspecified atom stereocenters. The molecule has 0 saturated carbocycles. The van der Waals surface area contributed by atoms with Gasteiger partial charge in [-0.05, 0) is 6.92 Å². The molecule has 0 spiro atoms. The van der Waals surface area contributed by atoms with Crippen molar-refractivity contribution in [1.29, 1.82) is 0 Å². The third kappa shape index (κ3) is 2.35. The van der Waals surface area contributed by atoms with Crippen molar-refractivity contribution in [2.24, 2.45) is 0 Å². The highest BCUT2D eigenvalue weighted by Gasteiger charge is 2.22. The number of hydrogen-bond acceptors (Lipinski definition) is 7. The average molecular weight is 314 g/mol. The number of rotatable bonds is 3. The van der Waals surface area contributed by atoms with Crippen LogP contribution in [0.25, 0.3) is 21.5 Å². The highest BCUT2D eigenvalue weighted by atomic mass is 32.1. The van der Waals surface area contributed by atoms with Gasteiger partial charge in [-0.3, -0.25) is 0 Å². The summed E-state index contributed by atoms with van der Waals surface area (Å²) in [5.41, 5.74) is 13.7. The summed E-state index contributed by atoms with van der Waals surface area (Å²) in [4.78, 5) is 21.4. The summed E-state index contributed by atoms with van der Waals surface area (Å²) >= 11 is 1.16. The summed E-state index contributed by atoms with van der Waals surface area (Å²) in [7, 11) is 0. The summed E-state index contributed by atoms with van der Waals surface area (Å²) in [6.45, 7) is 2.03. The fourth-order valence-electron chi connectivity index (χ4n) is 2.19. The van der Waals surface area contributed by atoms with E-state index < -0.39 is 5.97 Å². The van der Waals surface area contributed by atoms with E-state index in [9.17, 15) is 4.79 Å². The maximum absolute atomic E-state index is 12.0. The lowest BCUT2D eigenvalue weighted by Gasteiger charge is -2.05. The summed E-state index contributed by atoms with van der Waals surface area (Å²) < 4.78 is 5.03. The molecule has 0 saturated heterocycles. The molecule has 0 aliphatic heterocycles. The smallest absolute Gasteiger partial charge is 0.350 e. The molecular weight excluding hydrogens is 300 g/mol. The summed E-state index contributed by atoms with van der Waals surface area (Å²) in [6, 6.07) is 9.51. The highest BCUT2D eigenvalue weighted by Crippen LogP contribution is 2.38. The first-order chi connectivity index (χ1) is 10.6. The Bertz CT molecular complexity index is 846. The second-order valence-electron chi connectivity index (χ2n) is 4.54. The van der Waals surface area contributed by atoms with Crippen molar-refractivity contribution in [3.05, 3.63) is 35.2 Å². The van der Waals surface area contributed by atoms with Gasteiger partial charge in [-0.1, -0.05) is 30.3 Å². The molecule has 4 N–H and O–H groups in total. The summed E-state index contributed by atoms with van der Waals surface area (Å²) in [5.74, 6) is -0.316. The topological polar surface area (TPSA) is 104 Å². The van der Waals surface area contributed by atoms with E-state index in [0.717, 1.165) is 16.9 Å². The Balaban J connectivity index is 2.27. The molecule has 0 amide bonds. The van der Waals surface area contributed by atoms with Crippen LogP contribution in [0.4, 0.5) is 11.6 Å². The number of nitrogens with two attached hydrogens (primary N) is 2. The van der Waals surface area contributed by atoms with Gasteiger partial charge in [0.2, 0.25) is 5.95 Å². The quantitative estimate of drug-likeness (QED) is 0.720. The van der Waals surface area contributed by atoms with E-state index in [1.54, 1.807) is 6.92 Å². The van der Waals surface area contributed by atoms with Crippen LogP contribution in [-0.2, 0) is 4.74 Å². The van der Waals surface area contributed by atoms with Crippen LogP contribution in [0.2, 0.25) is 0 Å². The summed E-state index contributed by atoms with van der Waals surface area (Å²) in [5, 5.41) is 0.633. The zero-order valence-corrected chi connectivity index (χ0v) is 12.7. The van der Waals surface area contributed by atoms with E-state index in [0.29, 0.717) is 26.5 Å². The average Bonchev–Trinajstić information content (AvgIpc) is 2.84. The minimum atomic E-state index is -0.458. The van der Waals surface area contributed by atoms with E-state index in [4.69, 9.17) is 16.2 Å². The molecule has 112 valence electrons. The molecule has 0 aliphatic carbocycles. The molecule has 6 nitrogen and oxygen atoms in total. The van der Waals surface area contributed by atoms with Gasteiger partial charge in [0.25, 0.3) is 0 Å². The lowest BCUT2D eigenvalue weighted by atomic mass is 10.1. The number of carbonyl (C=O) groups excluding carboxylic acids is 1. The van der Waals surface area contributed by atoms with Crippen LogP contribution in [0.1, 0.15) is 16.6 Å². The van der Waals surface area contributed by atoms with Gasteiger partial charge in [0.15, 0.2) is 0 Å². The second-order valence-corrected chi connectivity index (χ2v) is 5.54. The molecule has 22 heavy (non-hydrogen) atoms. The van der Waals surface area contributed by atoms with Crippen molar-refractivity contribution >= 4 is 39.2 Å². The minimum absolute atomic E-state index is 0.142. The lowest BCUT2D eigenvalue weighted by molar-refractivity contribution is 0.0533. The molecule has 3 rings (SSSR count). The number of hydrogen-bond donors (Lipinski definition) is 2. The van der Waals surface area contributed by atoms with E-state index in [1.165, 1.54) is 0 Å². The fourth-order valence-corrected chi connectivity index (χ4v) is 3.19. The number of thiophene rings is 1. The van der Waals surface area contributed by atoms with Gasteiger partial charge in [-0.25, -0.2) is 14.8 Å². The molecular formula is C15H14N4O2S. The van der Waals surface area contributed by atoms with Crippen LogP contribution in [-0.4, -0.2) is 22.5 Å². The zero-order chi connectivity index (χ0) is 15.7. The van der Waals surface area contributed by atoms with Crippen LogP contribution >= 0.6 is 11.3 Å². The molecule has 0 radical (unpaired) electrons. The van der Waals surface area contributed by atoms with Gasteiger partial charge >= 0.3 is 5.97 Å². The Kier molecular flexibility index (Phi) is 3.64. The standard InChI is InChI=1S/C15H14N4O2S/c1-2-21-14(20)12-10(16)9-11(8-6-4-3-5-7-8)18-15(17)19-13(9)22-12/h3-7H,2,16H2,1H3,(H2,17,18,19). The SMILES string of the molecule is CCOC(=O)c1sc2nc(N)nc(-c3ccccc3)c2c1N. The first-order valence-electron chi connectivity index (χ1n) is 6.69. The van der Waals surface area contributed by atoms with Crippen LogP contribution in [0.5, 0.6) is 0 Å². The van der Waals surface area contributed by atoms with E-state index in [-0.39, 0.29) is 12.6 Å². The molecule has 0 atom stereocenters. The number of esters is 1. The molecule has 2 heterocycles. The Morgan fingerprint density at radius 2 is 1.95 bits per heavy atom. The molecule has 0 aliphatic rings. The Morgan fingerprint density at radius 3 is 2.64 bits per heavy atom. The van der Waals surface area contributed by atoms with Crippen LogP contribution in [0, 0.1) is 0 Å². The first-order valence-corrected chi connectivity index (χ1v) is 7.51. The number of carbonyl (C=O) groups is 1. The van der Waals surface area contributed by atoms with Crippen molar-refractivity contribution in [3.63, 3.8) is 0 Å². The maximum Gasteiger partial charge on any atom is 0.350 e. The Labute approximate surface area is 130 Å². The van der Waals surface area contributed by atoms with Gasteiger partial charge in [0.1, 0.15) is 9.71 Å². The monoisotopic (exact) mass is 314 g/mol. The van der Waals surface area contributed by atoms with Gasteiger partial charge < -0.3 is 16.2 Å². The maximum atomic E-state index is 12.0. The second kappa shape index (κ2) is 5.61. The van der Waals surface area contributed by atoms with Gasteiger partial charge in [-0.15, -0.1) is 11.3 Å². The van der Waals surface area contributed by atoms with Gasteiger partial charge in [-0.2, -0.15) is 0 Å². The number of fused-ring (bicyclic) bond motifs is 1. The number of nitrogen functional groups attached to an aromatic ring is 2. The Hall–Kier alpha value is -2.67. The predicted molar refractivity (Wildman–Crippen MR) is 87.6 cm³/mol. The molecule has 3 aromatic rings. The largest absolute Gasteiger partial charge is 0.462 e. The number of benzene rings is 1. The fraction of sp³-hybridized carbons (Fsp3) is 0.133. The third-order valence-electron chi connectivity index (χ3n) is 3.11. The van der Waals surface area contributed by atoms with Crippen LogP contribution in [0.3, 0.4) is 0 Å². The normalized spacial score (nSPS) is 10.8. The predicted octanol–water partition coefficient (Wildman–Crippen LogP) is 2.70. The number of ether oxygens (including phenoxy) is 1. The lowest BCUT2D eigenvalue weighted by Crippen LogP contribution is -2.05. The Morgan fingerprint density at radius 1 is 1.23 bits per heavy atom. The number of aromatic nitrogens is 2. The molecule has 1 aromatic carbocycles. The van der Waals surface area contributed by atoms with Crippen molar-refractivity contribution < 1.29 is 9.53 Å². The third-order valence-corrected chi connectivity index (χ3v) is 4.19. The highest BCUT2D eigenvalue weighted by molar-refractivity contribution is 7.21. The molecule has 0 fully saturated rings. The minimum Gasteiger partial charge on any atom is -0.462 e. The zero-order valence-electron chi connectivity index (χ0n) is 11.9. The van der Waals surface area contributed by atoms with Crippen molar-refractivity contribution in [2.75, 3.05) is 18.1 Å². The van der Waals surface area contributed by atoms with Crippen molar-refractivity contribution in [1.82, 2.24) is 9.97 Å². The van der Waals surface area contributed by atoms with Gasteiger partial charge in [0, 0.05) is 5.56 Å².